The van der Waals surface area contributed by atoms with Gasteiger partial charge < -0.3 is 0 Å². The van der Waals surface area contributed by atoms with Gasteiger partial charge in [0.05, 0.1) is 21.8 Å². The van der Waals surface area contributed by atoms with Crippen LogP contribution in [-0.2, 0) is 0 Å². The van der Waals surface area contributed by atoms with Crippen molar-refractivity contribution in [2.75, 3.05) is 0 Å². The van der Waals surface area contributed by atoms with Crippen molar-refractivity contribution >= 4 is 45.2 Å². The van der Waals surface area contributed by atoms with Gasteiger partial charge in [-0.25, -0.2) is 9.97 Å². The molecule has 0 aliphatic carbocycles. The van der Waals surface area contributed by atoms with Crippen molar-refractivity contribution in [3.63, 3.8) is 0 Å². The quantitative estimate of drug-likeness (QED) is 0.363. The van der Waals surface area contributed by atoms with Crippen LogP contribution in [0, 0.1) is 0 Å². The third-order valence-corrected chi connectivity index (χ3v) is 4.85. The molecule has 0 bridgehead atoms. The van der Waals surface area contributed by atoms with Gasteiger partial charge in [0, 0.05) is 13.8 Å². The van der Waals surface area contributed by atoms with E-state index in [-0.39, 0.29) is 22.3 Å². The van der Waals surface area contributed by atoms with Crippen LogP contribution in [0.5, 0.6) is 0 Å². The predicted molar refractivity (Wildman–Crippen MR) is 109 cm³/mol. The Morgan fingerprint density at radius 1 is 0.667 bits per heavy atom. The lowest BCUT2D eigenvalue weighted by atomic mass is 10.2. The summed E-state index contributed by atoms with van der Waals surface area (Å²) in [6, 6.07) is 13.1. The number of hydrogen-bond acceptors (Lipinski definition) is 6. The number of carbonyl (C=O) groups is 2. The fourth-order valence-corrected chi connectivity index (χ4v) is 3.60. The van der Waals surface area contributed by atoms with Crippen LogP contribution in [0.3, 0.4) is 0 Å². The number of benzene rings is 2. The van der Waals surface area contributed by atoms with Crippen molar-refractivity contribution in [1.82, 2.24) is 28.4 Å². The molecule has 0 spiro atoms. The molecule has 0 amide bonds. The van der Waals surface area contributed by atoms with Crippen LogP contribution in [0.1, 0.15) is 23.4 Å². The molecule has 3 heterocycles. The SMILES string of the molecule is CC(=O)n1c2nc3ccccc3c(=O)n2n(C(C)=O)c2nc3ccccc3c(=O)n21. The molecule has 3 aromatic heterocycles. The van der Waals surface area contributed by atoms with Gasteiger partial charge in [-0.2, -0.15) is 18.4 Å². The number of carbonyl (C=O) groups excluding carboxylic acids is 2. The average molecular weight is 402 g/mol. The Hall–Kier alpha value is -4.34. The van der Waals surface area contributed by atoms with Crippen LogP contribution in [-0.4, -0.2) is 40.2 Å². The van der Waals surface area contributed by atoms with E-state index in [0.29, 0.717) is 11.0 Å². The van der Waals surface area contributed by atoms with E-state index < -0.39 is 22.9 Å². The van der Waals surface area contributed by atoms with Gasteiger partial charge in [0.1, 0.15) is 0 Å². The van der Waals surface area contributed by atoms with E-state index in [9.17, 15) is 19.2 Å². The van der Waals surface area contributed by atoms with Crippen molar-refractivity contribution in [3.8, 4) is 0 Å². The number of aromatic nitrogens is 6. The Morgan fingerprint density at radius 3 is 1.40 bits per heavy atom. The molecule has 0 aliphatic heterocycles. The minimum atomic E-state index is -0.574. The maximum Gasteiger partial charge on any atom is 0.282 e. The summed E-state index contributed by atoms with van der Waals surface area (Å²) in [6.45, 7) is 2.47. The number of para-hydroxylation sites is 2. The van der Waals surface area contributed by atoms with E-state index >= 15 is 0 Å². The van der Waals surface area contributed by atoms with Gasteiger partial charge in [0.2, 0.25) is 11.8 Å². The summed E-state index contributed by atoms with van der Waals surface area (Å²) >= 11 is 0. The lowest BCUT2D eigenvalue weighted by Crippen LogP contribution is -2.39. The highest BCUT2D eigenvalue weighted by molar-refractivity contribution is 5.87. The normalized spacial score (nSPS) is 11.5. The molecule has 2 aromatic carbocycles. The molecular formula is C20H14N6O4. The Balaban J connectivity index is 2.25. The number of fused-ring (bicyclic) bond motifs is 4. The molecule has 5 rings (SSSR count). The third-order valence-electron chi connectivity index (χ3n) is 4.85. The van der Waals surface area contributed by atoms with Crippen LogP contribution in [0.4, 0.5) is 0 Å². The van der Waals surface area contributed by atoms with E-state index in [2.05, 4.69) is 9.97 Å². The zero-order chi connectivity index (χ0) is 21.2. The maximum atomic E-state index is 13.3. The Labute approximate surface area is 166 Å². The zero-order valence-corrected chi connectivity index (χ0v) is 15.9. The van der Waals surface area contributed by atoms with E-state index in [1.54, 1.807) is 48.5 Å². The van der Waals surface area contributed by atoms with Crippen molar-refractivity contribution in [1.29, 1.82) is 0 Å². The Morgan fingerprint density at radius 2 is 1.03 bits per heavy atom. The second-order valence-electron chi connectivity index (χ2n) is 6.75. The monoisotopic (exact) mass is 402 g/mol. The van der Waals surface area contributed by atoms with Gasteiger partial charge in [-0.3, -0.25) is 19.2 Å². The molecule has 0 saturated heterocycles. The summed E-state index contributed by atoms with van der Waals surface area (Å²) in [5.41, 5.74) is -0.473. The maximum absolute atomic E-state index is 13.3. The molecule has 0 aliphatic rings. The second kappa shape index (κ2) is 6.08. The second-order valence-corrected chi connectivity index (χ2v) is 6.75. The lowest BCUT2D eigenvalue weighted by molar-refractivity contribution is 0.0884. The minimum absolute atomic E-state index is 0.173. The first-order chi connectivity index (χ1) is 14.4. The van der Waals surface area contributed by atoms with Gasteiger partial charge in [0.15, 0.2) is 0 Å². The van der Waals surface area contributed by atoms with Gasteiger partial charge in [-0.15, -0.1) is 0 Å². The number of rotatable bonds is 0. The van der Waals surface area contributed by atoms with Crippen LogP contribution in [0.2, 0.25) is 0 Å². The number of hydrogen-bond donors (Lipinski definition) is 0. The molecular weight excluding hydrogens is 388 g/mol. The standard InChI is InChI=1S/C20H14N6O4/c1-11(27)23-19-21-15-9-5-4-8-14(15)18(30)26(19)24(12(2)28)20-22-16-10-6-3-7-13(16)17(29)25(20)23/h3-10H,1-2H3. The predicted octanol–water partition coefficient (Wildman–Crippen LogP) is 1.49. The highest BCUT2D eigenvalue weighted by Gasteiger charge is 2.22. The summed E-state index contributed by atoms with van der Waals surface area (Å²) in [5.74, 6) is -1.50. The van der Waals surface area contributed by atoms with Gasteiger partial charge in [-0.05, 0) is 24.3 Å². The fraction of sp³-hybridized carbons (Fsp3) is 0.100. The molecule has 10 nitrogen and oxygen atoms in total. The molecule has 0 radical (unpaired) electrons. The van der Waals surface area contributed by atoms with E-state index in [1.807, 2.05) is 0 Å². The summed E-state index contributed by atoms with van der Waals surface area (Å²) < 4.78 is 3.87. The van der Waals surface area contributed by atoms with Gasteiger partial charge in [-0.1, -0.05) is 24.3 Å². The zero-order valence-electron chi connectivity index (χ0n) is 15.9. The van der Waals surface area contributed by atoms with E-state index in [0.717, 1.165) is 18.4 Å². The van der Waals surface area contributed by atoms with Gasteiger partial charge in [0.25, 0.3) is 22.7 Å². The van der Waals surface area contributed by atoms with Gasteiger partial charge >= 0.3 is 0 Å². The van der Waals surface area contributed by atoms with Crippen LogP contribution in [0.25, 0.3) is 33.4 Å². The molecule has 0 fully saturated rings. The molecule has 5 aromatic rings. The highest BCUT2D eigenvalue weighted by atomic mass is 16.2. The summed E-state index contributed by atoms with van der Waals surface area (Å²) in [7, 11) is 0. The molecule has 0 saturated carbocycles. The molecule has 0 unspecified atom stereocenters. The third kappa shape index (κ3) is 2.24. The number of nitrogens with zero attached hydrogens (tertiary/aromatic N) is 6. The van der Waals surface area contributed by atoms with Crippen molar-refractivity contribution in [2.45, 2.75) is 13.8 Å². The first-order valence-corrected chi connectivity index (χ1v) is 9.05. The van der Waals surface area contributed by atoms with Crippen LogP contribution >= 0.6 is 0 Å². The summed E-state index contributed by atoms with van der Waals surface area (Å²) in [4.78, 5) is 60.7. The van der Waals surface area contributed by atoms with Crippen LogP contribution < -0.4 is 11.1 Å². The Bertz CT molecular complexity index is 1570. The van der Waals surface area contributed by atoms with Crippen molar-refractivity contribution in [3.05, 3.63) is 69.2 Å². The van der Waals surface area contributed by atoms with Crippen molar-refractivity contribution in [2.24, 2.45) is 0 Å². The largest absolute Gasteiger partial charge is 0.282 e. The van der Waals surface area contributed by atoms with E-state index in [4.69, 9.17) is 0 Å². The molecule has 30 heavy (non-hydrogen) atoms. The lowest BCUT2D eigenvalue weighted by Gasteiger charge is -2.18. The average Bonchev–Trinajstić information content (AvgIpc) is 2.72. The molecule has 0 atom stereocenters. The first-order valence-electron chi connectivity index (χ1n) is 9.05. The highest BCUT2D eigenvalue weighted by Crippen LogP contribution is 2.13. The first kappa shape index (κ1) is 17.7. The molecule has 148 valence electrons. The molecule has 0 N–H and O–H groups in total. The van der Waals surface area contributed by atoms with E-state index in [1.165, 1.54) is 13.8 Å². The molecule has 10 heteroatoms. The van der Waals surface area contributed by atoms with Crippen LogP contribution in [0.15, 0.2) is 58.1 Å². The Kier molecular flexibility index (Phi) is 3.59. The summed E-state index contributed by atoms with van der Waals surface area (Å²) in [5, 5.41) is 0.514. The van der Waals surface area contributed by atoms with Crippen molar-refractivity contribution < 1.29 is 9.59 Å². The smallest absolute Gasteiger partial charge is 0.273 e. The fourth-order valence-electron chi connectivity index (χ4n) is 3.60. The summed E-state index contributed by atoms with van der Waals surface area (Å²) in [6.07, 6.45) is 0. The topological polar surface area (TPSA) is 113 Å². The minimum Gasteiger partial charge on any atom is -0.273 e.